The Morgan fingerprint density at radius 3 is 1.18 bits per heavy atom. The molecule has 20 aliphatic heterocycles. The molecule has 0 saturated carbocycles. The van der Waals surface area contributed by atoms with Crippen LogP contribution in [0.1, 0.15) is 188 Å². The molecule has 36 atom stereocenters. The van der Waals surface area contributed by atoms with Crippen molar-refractivity contribution < 1.29 is 105 Å². The fourth-order valence-corrected chi connectivity index (χ4v) is 22.2. The number of carbonyl (C=O) groups excluding carboxylic acids is 2. The summed E-state index contributed by atoms with van der Waals surface area (Å²) in [4.78, 5) is 27.9. The highest BCUT2D eigenvalue weighted by molar-refractivity contribution is 5.80. The average molecular weight is 1420 g/mol. The second-order valence-electron chi connectivity index (χ2n) is 33.6. The molecule has 24 bridgehead atoms. The molecule has 0 aromatic heterocycles. The lowest BCUT2D eigenvalue weighted by Crippen LogP contribution is -2.61. The summed E-state index contributed by atoms with van der Waals surface area (Å²) in [5, 5.41) is 19.7. The fraction of sp³-hybridized carbons (Fsp3) is 0.873. The average Bonchev–Trinajstić information content (AvgIpc) is 1.56. The van der Waals surface area contributed by atoms with Crippen LogP contribution in [0, 0.1) is 23.7 Å². The Kier molecular flexibility index (Phi) is 21.2. The van der Waals surface area contributed by atoms with Crippen molar-refractivity contribution in [2.24, 2.45) is 23.7 Å². The topological polar surface area (TPSA) is 241 Å². The quantitative estimate of drug-likeness (QED) is 0.236. The van der Waals surface area contributed by atoms with E-state index in [1.165, 1.54) is 0 Å². The van der Waals surface area contributed by atoms with Crippen LogP contribution in [-0.2, 0) is 94.9 Å². The molecule has 0 amide bonds. The third kappa shape index (κ3) is 13.8. The van der Waals surface area contributed by atoms with E-state index in [2.05, 4.69) is 40.2 Å². The van der Waals surface area contributed by atoms with Gasteiger partial charge in [-0.1, -0.05) is 47.6 Å². The highest BCUT2D eigenvalue weighted by atomic mass is 16.8. The molecule has 0 aromatic rings. The molecule has 34 unspecified atom stereocenters. The normalized spacial score (nSPS) is 52.8. The zero-order valence-corrected chi connectivity index (χ0v) is 59.3. The number of ketones is 2. The van der Waals surface area contributed by atoms with E-state index in [4.69, 9.17) is 85.3 Å². The van der Waals surface area contributed by atoms with Gasteiger partial charge in [0.1, 0.15) is 72.6 Å². The first-order chi connectivity index (χ1) is 48.4. The molecule has 2 spiro atoms. The Labute approximate surface area is 596 Å². The second kappa shape index (κ2) is 29.5. The minimum atomic E-state index is -0.769. The number of methoxy groups -OCH3 is 2. The van der Waals surface area contributed by atoms with Gasteiger partial charge < -0.3 is 95.5 Å². The summed E-state index contributed by atoms with van der Waals surface area (Å²) in [5.74, 6) is -1.02. The standard InChI is InChI=1S/2C39H56O11.CH4/c2*1-19-13-23-5-7-27-20(2)14-25(43-27)9-11-39-18-32-35(49-39)36-37(48-32)38(50-39)34-28(47-36)8-6-24(45-34)15-22(41)16-26-31(17-30(44-23)21(19)3)46-29(10-12-40)33(26)42-4;/h2*19,23-38,40H,2-3,5-18H2,1,4H3;1H4/t2*19?,23?,24?,25-,26?,27?,28?,29?,30?,31?,32?,33?,34?,35?,36?,37?,38?,39?;/m00./s1. The van der Waals surface area contributed by atoms with Crippen LogP contribution in [-0.4, -0.2) is 244 Å². The van der Waals surface area contributed by atoms with E-state index in [0.717, 1.165) is 112 Å². The van der Waals surface area contributed by atoms with Gasteiger partial charge in [0.25, 0.3) is 0 Å². The molecular formula is C79H116O22. The molecule has 101 heavy (non-hydrogen) atoms. The van der Waals surface area contributed by atoms with Gasteiger partial charge in [0, 0.05) is 103 Å². The SMILES string of the molecule is C.C=C1C[C@@H]2CCC34CC5OC6C(OC7CCC(CC(=O)CC8C(CC9OC(CCC1O2)CC(C)C9=C)OC(CCO)C8OC)OC7C6O3)C5O4.C=C1C[C@@H]2CCC34CC5OC6C(OC7CCC(CC(=O)CC8C(CC9OC(CCC1O2)CC(C)C9=C)OC(CCO)C8OC)OC7C6O3)C5O4. The first kappa shape index (κ1) is 72.7. The smallest absolute Gasteiger partial charge is 0.172 e. The van der Waals surface area contributed by atoms with Gasteiger partial charge in [-0.15, -0.1) is 0 Å². The van der Waals surface area contributed by atoms with E-state index in [1.54, 1.807) is 14.2 Å². The number of Topliss-reactive ketones (excluding diaryl/α,β-unsaturated/α-hetero) is 2. The van der Waals surface area contributed by atoms with Crippen molar-refractivity contribution in [3.63, 3.8) is 0 Å². The predicted molar refractivity (Wildman–Crippen MR) is 363 cm³/mol. The number of rotatable bonds is 6. The molecule has 564 valence electrons. The Bertz CT molecular complexity index is 2840. The first-order valence-electron chi connectivity index (χ1n) is 39.0. The largest absolute Gasteiger partial charge is 0.396 e. The number of hydrogen-bond acceptors (Lipinski definition) is 22. The third-order valence-corrected chi connectivity index (χ3v) is 27.2. The Morgan fingerprint density at radius 1 is 0.386 bits per heavy atom. The minimum Gasteiger partial charge on any atom is -0.396 e. The molecule has 20 heterocycles. The molecular weight excluding hydrogens is 1300 g/mol. The van der Waals surface area contributed by atoms with Crippen molar-refractivity contribution in [1.82, 2.24) is 0 Å². The summed E-state index contributed by atoms with van der Waals surface area (Å²) in [6.45, 7) is 22.2. The maximum absolute atomic E-state index is 14.0. The van der Waals surface area contributed by atoms with E-state index in [9.17, 15) is 19.8 Å². The molecule has 20 rings (SSSR count). The van der Waals surface area contributed by atoms with Gasteiger partial charge in [-0.3, -0.25) is 9.59 Å². The minimum absolute atomic E-state index is 0. The maximum atomic E-state index is 14.0. The molecule has 20 fully saturated rings. The van der Waals surface area contributed by atoms with E-state index >= 15 is 0 Å². The van der Waals surface area contributed by atoms with Crippen molar-refractivity contribution >= 4 is 11.6 Å². The third-order valence-electron chi connectivity index (χ3n) is 27.2. The van der Waals surface area contributed by atoms with Crippen molar-refractivity contribution in [2.45, 2.75) is 383 Å². The summed E-state index contributed by atoms with van der Waals surface area (Å²) in [6, 6.07) is 0. The molecule has 0 radical (unpaired) electrons. The summed E-state index contributed by atoms with van der Waals surface area (Å²) in [5.41, 5.74) is 4.45. The Hall–Kier alpha value is -2.50. The lowest BCUT2D eigenvalue weighted by molar-refractivity contribution is -0.292. The van der Waals surface area contributed by atoms with Crippen molar-refractivity contribution in [1.29, 1.82) is 0 Å². The van der Waals surface area contributed by atoms with Crippen LogP contribution < -0.4 is 0 Å². The zero-order valence-electron chi connectivity index (χ0n) is 59.3. The number of aliphatic hydroxyl groups is 2. The van der Waals surface area contributed by atoms with Crippen LogP contribution in [0.2, 0.25) is 0 Å². The van der Waals surface area contributed by atoms with Gasteiger partial charge in [-0.05, 0) is 137 Å². The van der Waals surface area contributed by atoms with Crippen LogP contribution in [0.3, 0.4) is 0 Å². The highest BCUT2D eigenvalue weighted by Crippen LogP contribution is 2.57. The number of aliphatic hydroxyl groups excluding tert-OH is 2. The summed E-state index contributed by atoms with van der Waals surface area (Å²) in [6.07, 6.45) is 12.6. The number of hydrogen-bond donors (Lipinski definition) is 2. The Balaban J connectivity index is 0.000000155. The number of ether oxygens (including phenoxy) is 18. The summed E-state index contributed by atoms with van der Waals surface area (Å²) in [7, 11) is 3.35. The summed E-state index contributed by atoms with van der Waals surface area (Å²) < 4.78 is 120. The van der Waals surface area contributed by atoms with E-state index in [1.807, 2.05) is 0 Å². The lowest BCUT2D eigenvalue weighted by atomic mass is 9.81. The van der Waals surface area contributed by atoms with Crippen molar-refractivity contribution in [3.8, 4) is 0 Å². The Morgan fingerprint density at radius 2 is 0.762 bits per heavy atom. The van der Waals surface area contributed by atoms with Crippen LogP contribution in [0.25, 0.3) is 0 Å². The van der Waals surface area contributed by atoms with Gasteiger partial charge in [0.2, 0.25) is 0 Å². The van der Waals surface area contributed by atoms with E-state index < -0.39 is 11.6 Å². The lowest BCUT2D eigenvalue weighted by Gasteiger charge is -2.47. The van der Waals surface area contributed by atoms with Crippen molar-refractivity contribution in [3.05, 3.63) is 48.6 Å². The summed E-state index contributed by atoms with van der Waals surface area (Å²) >= 11 is 0. The van der Waals surface area contributed by atoms with Crippen LogP contribution in [0.5, 0.6) is 0 Å². The van der Waals surface area contributed by atoms with Crippen LogP contribution in [0.15, 0.2) is 48.6 Å². The van der Waals surface area contributed by atoms with Gasteiger partial charge in [0.05, 0.1) is 122 Å². The van der Waals surface area contributed by atoms with Gasteiger partial charge >= 0.3 is 0 Å². The molecule has 0 aliphatic carbocycles. The number of carbonyl (C=O) groups is 2. The predicted octanol–water partition coefficient (Wildman–Crippen LogP) is 8.86. The van der Waals surface area contributed by atoms with Gasteiger partial charge in [0.15, 0.2) is 11.6 Å². The van der Waals surface area contributed by atoms with E-state index in [0.29, 0.717) is 88.9 Å². The van der Waals surface area contributed by atoms with Gasteiger partial charge in [-0.2, -0.15) is 0 Å². The second-order valence-corrected chi connectivity index (χ2v) is 33.6. The van der Waals surface area contributed by atoms with Crippen molar-refractivity contribution in [2.75, 3.05) is 27.4 Å². The number of fused-ring (bicyclic) bond motifs is 12. The maximum Gasteiger partial charge on any atom is 0.172 e. The monoisotopic (exact) mass is 1420 g/mol. The molecule has 20 aliphatic rings. The molecule has 22 nitrogen and oxygen atoms in total. The van der Waals surface area contributed by atoms with Crippen LogP contribution in [0.4, 0.5) is 0 Å². The fourth-order valence-electron chi connectivity index (χ4n) is 22.2. The first-order valence-corrected chi connectivity index (χ1v) is 39.0. The molecule has 22 heteroatoms. The molecule has 0 aromatic carbocycles. The van der Waals surface area contributed by atoms with Crippen LogP contribution >= 0.6 is 0 Å². The molecule has 20 saturated heterocycles. The van der Waals surface area contributed by atoms with Gasteiger partial charge in [-0.25, -0.2) is 0 Å². The highest BCUT2D eigenvalue weighted by Gasteiger charge is 2.71. The van der Waals surface area contributed by atoms with E-state index in [-0.39, 0.29) is 227 Å². The molecule has 2 N–H and O–H groups in total. The zero-order chi connectivity index (χ0) is 68.6.